The Morgan fingerprint density at radius 2 is 1.02 bits per heavy atom. The van der Waals surface area contributed by atoms with Crippen LogP contribution in [0.25, 0.3) is 98.3 Å². The molecule has 3 heterocycles. The highest BCUT2D eigenvalue weighted by Gasteiger charge is 2.17. The average molecular weight is 657 g/mol. The van der Waals surface area contributed by atoms with Crippen molar-refractivity contribution in [2.24, 2.45) is 0 Å². The summed E-state index contributed by atoms with van der Waals surface area (Å²) in [4.78, 5) is 10.5. The summed E-state index contributed by atoms with van der Waals surface area (Å²) in [7, 11) is 0. The molecule has 0 saturated carbocycles. The Hall–Kier alpha value is -6.36. The molecule has 0 atom stereocenters. The lowest BCUT2D eigenvalue weighted by Gasteiger charge is -2.13. The van der Waals surface area contributed by atoms with Crippen LogP contribution in [0.2, 0.25) is 0 Å². The van der Waals surface area contributed by atoms with Crippen LogP contribution in [0.15, 0.2) is 174 Å². The molecule has 0 aliphatic carbocycles. The number of thiophene rings is 1. The number of fused-ring (bicyclic) bond motifs is 6. The van der Waals surface area contributed by atoms with E-state index >= 15 is 0 Å². The minimum absolute atomic E-state index is 0.699. The molecule has 7 aromatic carbocycles. The number of hydrogen-bond acceptors (Lipinski definition) is 4. The van der Waals surface area contributed by atoms with Crippen molar-refractivity contribution in [3.05, 3.63) is 170 Å². The fourth-order valence-corrected chi connectivity index (χ4v) is 8.14. The molecule has 10 rings (SSSR count). The third kappa shape index (κ3) is 4.89. The summed E-state index contributed by atoms with van der Waals surface area (Å²) in [5.74, 6) is 0.699. The zero-order valence-corrected chi connectivity index (χ0v) is 27.7. The monoisotopic (exact) mass is 656 g/mol. The van der Waals surface area contributed by atoms with E-state index < -0.39 is 0 Å². The molecule has 10 aromatic rings. The van der Waals surface area contributed by atoms with Crippen molar-refractivity contribution in [2.75, 3.05) is 0 Å². The van der Waals surface area contributed by atoms with Crippen molar-refractivity contribution >= 4 is 53.4 Å². The van der Waals surface area contributed by atoms with Gasteiger partial charge in [-0.1, -0.05) is 115 Å². The van der Waals surface area contributed by atoms with Gasteiger partial charge in [0.1, 0.15) is 11.2 Å². The van der Waals surface area contributed by atoms with E-state index in [-0.39, 0.29) is 0 Å². The fraction of sp³-hybridized carbons (Fsp3) is 0. The highest BCUT2D eigenvalue weighted by Crippen LogP contribution is 2.40. The summed E-state index contributed by atoms with van der Waals surface area (Å²) in [6, 6.07) is 59.6. The van der Waals surface area contributed by atoms with Gasteiger partial charge in [-0.25, -0.2) is 9.97 Å². The van der Waals surface area contributed by atoms with Gasteiger partial charge in [0.25, 0.3) is 0 Å². The summed E-state index contributed by atoms with van der Waals surface area (Å²) >= 11 is 1.82. The largest absolute Gasteiger partial charge is 0.455 e. The first-order valence-corrected chi connectivity index (χ1v) is 17.5. The summed E-state index contributed by atoms with van der Waals surface area (Å²) in [6.45, 7) is 0. The van der Waals surface area contributed by atoms with Crippen LogP contribution >= 0.6 is 11.3 Å². The molecule has 0 unspecified atom stereocenters. The molecule has 234 valence electrons. The Kier molecular flexibility index (Phi) is 6.68. The van der Waals surface area contributed by atoms with Gasteiger partial charge < -0.3 is 4.42 Å². The number of aromatic nitrogens is 2. The molecule has 0 aliphatic heterocycles. The first-order chi connectivity index (χ1) is 24.7. The van der Waals surface area contributed by atoms with Gasteiger partial charge >= 0.3 is 0 Å². The molecule has 3 nitrogen and oxygen atoms in total. The SMILES string of the molecule is c1ccc(-c2cc(-c3cc(-c4ccccc4)nc(-c4ccc5sc6ccccc6c5c4)n3)cc(-c3cccc4c3oc3ccccc34)c2)cc1. The van der Waals surface area contributed by atoms with Crippen LogP contribution in [0.4, 0.5) is 0 Å². The fourth-order valence-electron chi connectivity index (χ4n) is 7.05. The van der Waals surface area contributed by atoms with E-state index in [0.717, 1.165) is 72.3 Å². The molecule has 0 fully saturated rings. The topological polar surface area (TPSA) is 38.9 Å². The van der Waals surface area contributed by atoms with Crippen molar-refractivity contribution in [1.29, 1.82) is 0 Å². The number of nitrogens with zero attached hydrogens (tertiary/aromatic N) is 2. The Labute approximate surface area is 292 Å². The lowest BCUT2D eigenvalue weighted by Crippen LogP contribution is -1.96. The first kappa shape index (κ1) is 28.6. The Morgan fingerprint density at radius 3 is 1.86 bits per heavy atom. The smallest absolute Gasteiger partial charge is 0.160 e. The minimum Gasteiger partial charge on any atom is -0.455 e. The molecular formula is C46H28N2OS. The number of rotatable bonds is 5. The molecule has 0 N–H and O–H groups in total. The van der Waals surface area contributed by atoms with Gasteiger partial charge in [0.15, 0.2) is 5.82 Å². The molecule has 50 heavy (non-hydrogen) atoms. The van der Waals surface area contributed by atoms with E-state index in [2.05, 4.69) is 152 Å². The second kappa shape index (κ2) is 11.7. The van der Waals surface area contributed by atoms with Gasteiger partial charge in [0, 0.05) is 53.2 Å². The van der Waals surface area contributed by atoms with E-state index in [1.54, 1.807) is 0 Å². The number of para-hydroxylation sites is 2. The number of hydrogen-bond donors (Lipinski definition) is 0. The van der Waals surface area contributed by atoms with E-state index in [9.17, 15) is 0 Å². The number of benzene rings is 7. The van der Waals surface area contributed by atoms with Crippen LogP contribution in [-0.4, -0.2) is 9.97 Å². The first-order valence-electron chi connectivity index (χ1n) is 16.7. The molecule has 0 bridgehead atoms. The van der Waals surface area contributed by atoms with Crippen molar-refractivity contribution in [2.45, 2.75) is 0 Å². The lowest BCUT2D eigenvalue weighted by atomic mass is 9.93. The van der Waals surface area contributed by atoms with Gasteiger partial charge in [-0.15, -0.1) is 11.3 Å². The van der Waals surface area contributed by atoms with Crippen LogP contribution < -0.4 is 0 Å². The third-order valence-electron chi connectivity index (χ3n) is 9.48. The highest BCUT2D eigenvalue weighted by molar-refractivity contribution is 7.25. The van der Waals surface area contributed by atoms with Crippen LogP contribution in [-0.2, 0) is 0 Å². The molecule has 4 heteroatoms. The van der Waals surface area contributed by atoms with Gasteiger partial charge in [0.05, 0.1) is 11.4 Å². The van der Waals surface area contributed by atoms with Crippen molar-refractivity contribution in [1.82, 2.24) is 9.97 Å². The molecule has 0 spiro atoms. The summed E-state index contributed by atoms with van der Waals surface area (Å²) < 4.78 is 9.06. The Morgan fingerprint density at radius 1 is 0.380 bits per heavy atom. The standard InChI is InChI=1S/C46H28N2OS/c1-3-12-29(13-4-1)32-24-33(35-18-11-19-38-36-16-7-9-20-42(36)49-45(35)38)26-34(25-32)41-28-40(30-14-5-2-6-15-30)47-46(48-41)31-22-23-44-39(27-31)37-17-8-10-21-43(37)50-44/h1-28H. The van der Waals surface area contributed by atoms with Crippen LogP contribution in [0.1, 0.15) is 0 Å². The van der Waals surface area contributed by atoms with Gasteiger partial charge in [-0.3, -0.25) is 0 Å². The van der Waals surface area contributed by atoms with Crippen LogP contribution in [0, 0.1) is 0 Å². The van der Waals surface area contributed by atoms with Crippen LogP contribution in [0.3, 0.4) is 0 Å². The zero-order valence-electron chi connectivity index (χ0n) is 26.9. The molecule has 0 radical (unpaired) electrons. The number of furan rings is 1. The van der Waals surface area contributed by atoms with Crippen molar-refractivity contribution in [3.63, 3.8) is 0 Å². The molecular weight excluding hydrogens is 629 g/mol. The maximum absolute atomic E-state index is 6.52. The summed E-state index contributed by atoms with van der Waals surface area (Å²) in [6.07, 6.45) is 0. The Bertz CT molecular complexity index is 2870. The maximum atomic E-state index is 6.52. The summed E-state index contributed by atoms with van der Waals surface area (Å²) in [5, 5.41) is 4.71. The zero-order chi connectivity index (χ0) is 33.0. The molecule has 3 aromatic heterocycles. The normalized spacial score (nSPS) is 11.6. The second-order valence-corrected chi connectivity index (χ2v) is 13.7. The average Bonchev–Trinajstić information content (AvgIpc) is 3.76. The van der Waals surface area contributed by atoms with Gasteiger partial charge in [-0.2, -0.15) is 0 Å². The van der Waals surface area contributed by atoms with E-state index in [4.69, 9.17) is 14.4 Å². The minimum atomic E-state index is 0.699. The second-order valence-electron chi connectivity index (χ2n) is 12.6. The van der Waals surface area contributed by atoms with Crippen molar-refractivity contribution < 1.29 is 4.42 Å². The Balaban J connectivity index is 1.21. The van der Waals surface area contributed by atoms with Gasteiger partial charge in [-0.05, 0) is 71.3 Å². The quantitative estimate of drug-likeness (QED) is 0.185. The van der Waals surface area contributed by atoms with E-state index in [0.29, 0.717) is 5.82 Å². The highest BCUT2D eigenvalue weighted by atomic mass is 32.1. The molecule has 0 aliphatic rings. The lowest BCUT2D eigenvalue weighted by molar-refractivity contribution is 0.670. The van der Waals surface area contributed by atoms with E-state index in [1.165, 1.54) is 20.2 Å². The predicted molar refractivity (Wildman–Crippen MR) is 209 cm³/mol. The molecule has 0 amide bonds. The van der Waals surface area contributed by atoms with Gasteiger partial charge in [0.2, 0.25) is 0 Å². The maximum Gasteiger partial charge on any atom is 0.160 e. The van der Waals surface area contributed by atoms with Crippen LogP contribution in [0.5, 0.6) is 0 Å². The predicted octanol–water partition coefficient (Wildman–Crippen LogP) is 13.1. The summed E-state index contributed by atoms with van der Waals surface area (Å²) in [5.41, 5.74) is 10.9. The molecule has 0 saturated heterocycles. The van der Waals surface area contributed by atoms with Crippen molar-refractivity contribution in [3.8, 4) is 56.2 Å². The third-order valence-corrected chi connectivity index (χ3v) is 10.6. The van der Waals surface area contributed by atoms with E-state index in [1.807, 2.05) is 29.5 Å².